The lowest BCUT2D eigenvalue weighted by Crippen LogP contribution is -2.40. The van der Waals surface area contributed by atoms with Crippen LogP contribution in [0.25, 0.3) is 5.13 Å². The van der Waals surface area contributed by atoms with Crippen LogP contribution >= 0.6 is 11.3 Å². The van der Waals surface area contributed by atoms with Gasteiger partial charge < -0.3 is 14.2 Å². The number of carbonyl (C=O) groups excluding carboxylic acids is 2. The molecule has 1 saturated heterocycles. The summed E-state index contributed by atoms with van der Waals surface area (Å²) in [4.78, 5) is 30.4. The highest BCUT2D eigenvalue weighted by molar-refractivity contribution is 7.12. The summed E-state index contributed by atoms with van der Waals surface area (Å²) < 4.78 is 6.93. The molecule has 0 unspecified atom stereocenters. The van der Waals surface area contributed by atoms with Gasteiger partial charge in [-0.25, -0.2) is 4.98 Å². The topological polar surface area (TPSA) is 64.4 Å². The number of hydrogen-bond donors (Lipinski definition) is 0. The standard InChI is InChI=1S/C16H19N3O3S/c1-2-22-15(21)12-5-9-18(10-6-12)14(20)13-11-23-16(17-13)19-7-3-4-8-19/h3-4,7-8,11-12H,2,5-6,9-10H2,1H3. The minimum Gasteiger partial charge on any atom is -0.466 e. The normalized spacial score (nSPS) is 15.6. The number of carbonyl (C=O) groups is 2. The van der Waals surface area contributed by atoms with Crippen LogP contribution in [-0.2, 0) is 9.53 Å². The highest BCUT2D eigenvalue weighted by Crippen LogP contribution is 2.22. The molecule has 2 aromatic rings. The van der Waals surface area contributed by atoms with Crippen molar-refractivity contribution >= 4 is 23.2 Å². The van der Waals surface area contributed by atoms with Crippen LogP contribution in [0.15, 0.2) is 29.9 Å². The molecule has 2 aromatic heterocycles. The average molecular weight is 333 g/mol. The predicted octanol–water partition coefficient (Wildman–Crippen LogP) is 2.35. The summed E-state index contributed by atoms with van der Waals surface area (Å²) >= 11 is 1.44. The molecule has 1 fully saturated rings. The second-order valence-electron chi connectivity index (χ2n) is 5.42. The molecule has 0 N–H and O–H groups in total. The zero-order valence-corrected chi connectivity index (χ0v) is 13.8. The van der Waals surface area contributed by atoms with Crippen molar-refractivity contribution in [2.45, 2.75) is 19.8 Å². The summed E-state index contributed by atoms with van der Waals surface area (Å²) in [5.41, 5.74) is 0.466. The molecule has 3 rings (SSSR count). The maximum atomic E-state index is 12.5. The molecule has 0 bridgehead atoms. The van der Waals surface area contributed by atoms with Crippen molar-refractivity contribution in [2.24, 2.45) is 5.92 Å². The molecule has 6 nitrogen and oxygen atoms in total. The fourth-order valence-electron chi connectivity index (χ4n) is 2.68. The van der Waals surface area contributed by atoms with Crippen molar-refractivity contribution in [3.63, 3.8) is 0 Å². The fourth-order valence-corrected chi connectivity index (χ4v) is 3.45. The first-order valence-electron chi connectivity index (χ1n) is 7.74. The zero-order chi connectivity index (χ0) is 16.2. The van der Waals surface area contributed by atoms with Gasteiger partial charge in [-0.3, -0.25) is 9.59 Å². The number of piperidine rings is 1. The third-order valence-electron chi connectivity index (χ3n) is 3.94. The average Bonchev–Trinajstić information content (AvgIpc) is 3.25. The van der Waals surface area contributed by atoms with Crippen LogP contribution in [0.1, 0.15) is 30.3 Å². The molecule has 0 spiro atoms. The molecular formula is C16H19N3O3S. The smallest absolute Gasteiger partial charge is 0.309 e. The Morgan fingerprint density at radius 2 is 2.00 bits per heavy atom. The molecule has 122 valence electrons. The number of ether oxygens (including phenoxy) is 1. The number of hydrogen-bond acceptors (Lipinski definition) is 5. The Labute approximate surface area is 138 Å². The second-order valence-corrected chi connectivity index (χ2v) is 6.26. The second kappa shape index (κ2) is 6.95. The van der Waals surface area contributed by atoms with Crippen LogP contribution in [0, 0.1) is 5.92 Å². The van der Waals surface area contributed by atoms with E-state index in [4.69, 9.17) is 4.74 Å². The van der Waals surface area contributed by atoms with Gasteiger partial charge in [-0.2, -0.15) is 0 Å². The summed E-state index contributed by atoms with van der Waals surface area (Å²) in [5.74, 6) is -0.310. The maximum Gasteiger partial charge on any atom is 0.309 e. The predicted molar refractivity (Wildman–Crippen MR) is 86.7 cm³/mol. The van der Waals surface area contributed by atoms with E-state index in [-0.39, 0.29) is 17.8 Å². The molecule has 3 heterocycles. The summed E-state index contributed by atoms with van der Waals surface area (Å²) in [6, 6.07) is 3.84. The lowest BCUT2D eigenvalue weighted by molar-refractivity contribution is -0.149. The Morgan fingerprint density at radius 3 is 2.65 bits per heavy atom. The molecule has 0 radical (unpaired) electrons. The highest BCUT2D eigenvalue weighted by atomic mass is 32.1. The number of likely N-dealkylation sites (tertiary alicyclic amines) is 1. The zero-order valence-electron chi connectivity index (χ0n) is 13.0. The van der Waals surface area contributed by atoms with Gasteiger partial charge in [-0.05, 0) is 31.9 Å². The number of nitrogens with zero attached hydrogens (tertiary/aromatic N) is 3. The van der Waals surface area contributed by atoms with Crippen molar-refractivity contribution in [1.82, 2.24) is 14.5 Å². The van der Waals surface area contributed by atoms with Gasteiger partial charge in [0.15, 0.2) is 5.13 Å². The number of rotatable bonds is 4. The number of thiazole rings is 1. The molecule has 0 aliphatic carbocycles. The molecular weight excluding hydrogens is 314 g/mol. The van der Waals surface area contributed by atoms with Crippen LogP contribution in [0.3, 0.4) is 0 Å². The van der Waals surface area contributed by atoms with Gasteiger partial charge in [-0.15, -0.1) is 11.3 Å². The van der Waals surface area contributed by atoms with E-state index < -0.39 is 0 Å². The fraction of sp³-hybridized carbons (Fsp3) is 0.438. The van der Waals surface area contributed by atoms with Crippen molar-refractivity contribution in [2.75, 3.05) is 19.7 Å². The number of aromatic nitrogens is 2. The van der Waals surface area contributed by atoms with Crippen molar-refractivity contribution < 1.29 is 14.3 Å². The quantitative estimate of drug-likeness (QED) is 0.806. The minimum absolute atomic E-state index is 0.0676. The SMILES string of the molecule is CCOC(=O)C1CCN(C(=O)c2csc(-n3cccc3)n2)CC1. The molecule has 1 aliphatic rings. The lowest BCUT2D eigenvalue weighted by atomic mass is 9.97. The Balaban J connectivity index is 1.60. The van der Waals surface area contributed by atoms with E-state index in [9.17, 15) is 9.59 Å². The van der Waals surface area contributed by atoms with Crippen LogP contribution in [0.5, 0.6) is 0 Å². The summed E-state index contributed by atoms with van der Waals surface area (Å²) in [5, 5.41) is 2.56. The van der Waals surface area contributed by atoms with E-state index in [1.54, 1.807) is 17.2 Å². The highest BCUT2D eigenvalue weighted by Gasteiger charge is 2.29. The Morgan fingerprint density at radius 1 is 1.30 bits per heavy atom. The van der Waals surface area contributed by atoms with Crippen molar-refractivity contribution in [3.8, 4) is 5.13 Å². The van der Waals surface area contributed by atoms with Crippen LogP contribution in [0.2, 0.25) is 0 Å². The van der Waals surface area contributed by atoms with Gasteiger partial charge in [0.05, 0.1) is 12.5 Å². The molecule has 0 saturated carbocycles. The van der Waals surface area contributed by atoms with Gasteiger partial charge in [-0.1, -0.05) is 0 Å². The Hall–Kier alpha value is -2.15. The monoisotopic (exact) mass is 333 g/mol. The van der Waals surface area contributed by atoms with Gasteiger partial charge >= 0.3 is 5.97 Å². The molecule has 23 heavy (non-hydrogen) atoms. The largest absolute Gasteiger partial charge is 0.466 e. The number of amides is 1. The first-order chi connectivity index (χ1) is 11.2. The molecule has 0 atom stereocenters. The van der Waals surface area contributed by atoms with Crippen LogP contribution in [-0.4, -0.2) is 46.0 Å². The lowest BCUT2D eigenvalue weighted by Gasteiger charge is -2.30. The van der Waals surface area contributed by atoms with Crippen LogP contribution in [0.4, 0.5) is 0 Å². The van der Waals surface area contributed by atoms with Crippen molar-refractivity contribution in [1.29, 1.82) is 0 Å². The van der Waals surface area contributed by atoms with Gasteiger partial charge in [0, 0.05) is 30.9 Å². The van der Waals surface area contributed by atoms with Gasteiger partial charge in [0.2, 0.25) is 0 Å². The third kappa shape index (κ3) is 3.44. The first-order valence-corrected chi connectivity index (χ1v) is 8.61. The van der Waals surface area contributed by atoms with E-state index in [1.165, 1.54) is 11.3 Å². The summed E-state index contributed by atoms with van der Waals surface area (Å²) in [7, 11) is 0. The molecule has 1 aliphatic heterocycles. The molecule has 0 aromatic carbocycles. The Bertz CT molecular complexity index is 673. The van der Waals surface area contributed by atoms with Crippen LogP contribution < -0.4 is 0 Å². The van der Waals surface area contributed by atoms with Crippen molar-refractivity contribution in [3.05, 3.63) is 35.6 Å². The van der Waals surface area contributed by atoms with E-state index in [2.05, 4.69) is 4.98 Å². The Kier molecular flexibility index (Phi) is 4.76. The first kappa shape index (κ1) is 15.7. The summed E-state index contributed by atoms with van der Waals surface area (Å²) in [6.45, 7) is 3.34. The summed E-state index contributed by atoms with van der Waals surface area (Å²) in [6.07, 6.45) is 5.11. The van der Waals surface area contributed by atoms with E-state index >= 15 is 0 Å². The van der Waals surface area contributed by atoms with E-state index in [0.717, 1.165) is 5.13 Å². The van der Waals surface area contributed by atoms with E-state index in [1.807, 2.05) is 29.1 Å². The maximum absolute atomic E-state index is 12.5. The number of esters is 1. The van der Waals surface area contributed by atoms with Gasteiger partial charge in [0.25, 0.3) is 5.91 Å². The molecule has 7 heteroatoms. The minimum atomic E-state index is -0.150. The molecule has 1 amide bonds. The third-order valence-corrected chi connectivity index (χ3v) is 4.79. The van der Waals surface area contributed by atoms with E-state index in [0.29, 0.717) is 38.2 Å². The van der Waals surface area contributed by atoms with Gasteiger partial charge in [0.1, 0.15) is 5.69 Å².